The highest BCUT2D eigenvalue weighted by Crippen LogP contribution is 2.27. The van der Waals surface area contributed by atoms with Crippen LogP contribution in [0.5, 0.6) is 5.75 Å². The summed E-state index contributed by atoms with van der Waals surface area (Å²) < 4.78 is 5.16. The molecular formula is C14H21ClN3O3+. The van der Waals surface area contributed by atoms with Crippen molar-refractivity contribution in [2.45, 2.75) is 0 Å². The number of hydrogen-bond donors (Lipinski definition) is 2. The maximum atomic E-state index is 12.0. The fraction of sp³-hybridized carbons (Fsp3) is 0.429. The molecule has 0 heterocycles. The van der Waals surface area contributed by atoms with Gasteiger partial charge in [0.25, 0.3) is 11.8 Å². The van der Waals surface area contributed by atoms with E-state index in [0.29, 0.717) is 16.5 Å². The number of nitrogens with zero attached hydrogens (tertiary/aromatic N) is 1. The minimum atomic E-state index is -0.209. The summed E-state index contributed by atoms with van der Waals surface area (Å²) in [5.41, 5.74) is 0.515. The number of carbonyl (C=O) groups excluding carboxylic acids is 2. The van der Waals surface area contributed by atoms with E-state index in [9.17, 15) is 9.59 Å². The maximum Gasteiger partial charge on any atom is 0.279 e. The lowest BCUT2D eigenvalue weighted by Crippen LogP contribution is -3.11. The Morgan fingerprint density at radius 3 is 2.57 bits per heavy atom. The van der Waals surface area contributed by atoms with Crippen molar-refractivity contribution in [1.29, 1.82) is 0 Å². The minimum absolute atomic E-state index is 0.0272. The molecule has 0 radical (unpaired) electrons. The van der Waals surface area contributed by atoms with E-state index in [0.717, 1.165) is 4.90 Å². The Balaban J connectivity index is 2.61. The van der Waals surface area contributed by atoms with E-state index in [1.807, 2.05) is 0 Å². The lowest BCUT2D eigenvalue weighted by atomic mass is 10.3. The van der Waals surface area contributed by atoms with Gasteiger partial charge in [0.15, 0.2) is 13.1 Å². The first-order valence-corrected chi connectivity index (χ1v) is 6.86. The Morgan fingerprint density at radius 2 is 2.00 bits per heavy atom. The molecule has 1 aromatic carbocycles. The number of hydrogen-bond acceptors (Lipinski definition) is 3. The van der Waals surface area contributed by atoms with Gasteiger partial charge in [0.2, 0.25) is 0 Å². The van der Waals surface area contributed by atoms with E-state index in [1.54, 1.807) is 39.3 Å². The summed E-state index contributed by atoms with van der Waals surface area (Å²) >= 11 is 5.90. The Hall–Kier alpha value is -1.79. The molecule has 2 amide bonds. The molecule has 0 spiro atoms. The minimum Gasteiger partial charge on any atom is -0.495 e. The van der Waals surface area contributed by atoms with Gasteiger partial charge < -0.3 is 19.9 Å². The van der Waals surface area contributed by atoms with Crippen LogP contribution < -0.4 is 15.0 Å². The number of amides is 2. The number of methoxy groups -OCH3 is 1. The first kappa shape index (κ1) is 17.3. The van der Waals surface area contributed by atoms with Crippen LogP contribution in [0.15, 0.2) is 18.2 Å². The predicted octanol–water partition coefficient (Wildman–Crippen LogP) is -0.110. The fourth-order valence-corrected chi connectivity index (χ4v) is 1.90. The number of benzene rings is 1. The van der Waals surface area contributed by atoms with Crippen LogP contribution in [-0.2, 0) is 9.59 Å². The number of nitrogens with one attached hydrogen (secondary N) is 2. The van der Waals surface area contributed by atoms with Gasteiger partial charge in [-0.25, -0.2) is 0 Å². The zero-order valence-electron chi connectivity index (χ0n) is 12.7. The molecule has 1 aromatic rings. The highest BCUT2D eigenvalue weighted by molar-refractivity contribution is 6.31. The SMILES string of the molecule is COc1ccc(Cl)cc1NC(=O)C[NH+](C)CC(=O)N(C)C. The Kier molecular flexibility index (Phi) is 6.45. The zero-order chi connectivity index (χ0) is 16.0. The van der Waals surface area contributed by atoms with Crippen LogP contribution in [0.4, 0.5) is 5.69 Å². The van der Waals surface area contributed by atoms with Gasteiger partial charge in [-0.1, -0.05) is 11.6 Å². The summed E-state index contributed by atoms with van der Waals surface area (Å²) in [5.74, 6) is 0.301. The summed E-state index contributed by atoms with van der Waals surface area (Å²) in [6.45, 7) is 0.433. The number of ether oxygens (including phenoxy) is 1. The molecule has 21 heavy (non-hydrogen) atoms. The van der Waals surface area contributed by atoms with Crippen molar-refractivity contribution < 1.29 is 19.2 Å². The monoisotopic (exact) mass is 314 g/mol. The van der Waals surface area contributed by atoms with E-state index in [4.69, 9.17) is 16.3 Å². The number of quaternary nitrogens is 1. The van der Waals surface area contributed by atoms with Crippen molar-refractivity contribution in [2.24, 2.45) is 0 Å². The summed E-state index contributed by atoms with van der Waals surface area (Å²) in [4.78, 5) is 25.9. The van der Waals surface area contributed by atoms with Gasteiger partial charge in [-0.2, -0.15) is 0 Å². The number of anilines is 1. The third-order valence-corrected chi connectivity index (χ3v) is 3.08. The van der Waals surface area contributed by atoms with E-state index in [1.165, 1.54) is 12.0 Å². The largest absolute Gasteiger partial charge is 0.495 e. The van der Waals surface area contributed by atoms with Crippen molar-refractivity contribution >= 4 is 29.1 Å². The molecule has 0 aliphatic heterocycles. The predicted molar refractivity (Wildman–Crippen MR) is 81.9 cm³/mol. The summed E-state index contributed by atoms with van der Waals surface area (Å²) in [6.07, 6.45) is 0. The van der Waals surface area contributed by atoms with E-state index in [-0.39, 0.29) is 24.9 Å². The molecule has 0 saturated heterocycles. The van der Waals surface area contributed by atoms with Crippen molar-refractivity contribution in [3.8, 4) is 5.75 Å². The molecule has 1 rings (SSSR count). The number of halogens is 1. The van der Waals surface area contributed by atoms with Crippen molar-refractivity contribution in [1.82, 2.24) is 4.90 Å². The van der Waals surface area contributed by atoms with Gasteiger partial charge in [0, 0.05) is 19.1 Å². The van der Waals surface area contributed by atoms with Gasteiger partial charge in [-0.15, -0.1) is 0 Å². The summed E-state index contributed by atoms with van der Waals surface area (Å²) in [6, 6.07) is 4.99. The van der Waals surface area contributed by atoms with Crippen LogP contribution in [0.2, 0.25) is 5.02 Å². The topological polar surface area (TPSA) is 63.1 Å². The molecule has 2 N–H and O–H groups in total. The highest BCUT2D eigenvalue weighted by Gasteiger charge is 2.16. The molecule has 1 atom stereocenters. The number of carbonyl (C=O) groups is 2. The lowest BCUT2D eigenvalue weighted by Gasteiger charge is -2.16. The van der Waals surface area contributed by atoms with Crippen LogP contribution in [0.25, 0.3) is 0 Å². The Bertz CT molecular complexity index is 520. The average molecular weight is 315 g/mol. The number of likely N-dealkylation sites (N-methyl/N-ethyl adjacent to an activating group) is 2. The second kappa shape index (κ2) is 7.85. The molecule has 0 bridgehead atoms. The van der Waals surface area contributed by atoms with Gasteiger partial charge in [-0.3, -0.25) is 9.59 Å². The van der Waals surface area contributed by atoms with Crippen molar-refractivity contribution in [3.05, 3.63) is 23.2 Å². The van der Waals surface area contributed by atoms with Gasteiger partial charge in [0.1, 0.15) is 5.75 Å². The Morgan fingerprint density at radius 1 is 1.33 bits per heavy atom. The molecule has 0 fully saturated rings. The lowest BCUT2D eigenvalue weighted by molar-refractivity contribution is -0.862. The quantitative estimate of drug-likeness (QED) is 0.770. The number of rotatable bonds is 6. The van der Waals surface area contributed by atoms with Crippen LogP contribution >= 0.6 is 11.6 Å². The molecule has 0 aliphatic rings. The van der Waals surface area contributed by atoms with E-state index >= 15 is 0 Å². The zero-order valence-corrected chi connectivity index (χ0v) is 13.5. The second-order valence-corrected chi connectivity index (χ2v) is 5.43. The van der Waals surface area contributed by atoms with Gasteiger partial charge in [-0.05, 0) is 18.2 Å². The molecular weight excluding hydrogens is 294 g/mol. The first-order chi connectivity index (χ1) is 9.83. The summed E-state index contributed by atoms with van der Waals surface area (Å²) in [7, 11) is 6.68. The normalized spacial score (nSPS) is 11.7. The van der Waals surface area contributed by atoms with Gasteiger partial charge >= 0.3 is 0 Å². The van der Waals surface area contributed by atoms with Crippen LogP contribution in [-0.4, -0.2) is 58.1 Å². The molecule has 116 valence electrons. The molecule has 6 nitrogen and oxygen atoms in total. The van der Waals surface area contributed by atoms with E-state index < -0.39 is 0 Å². The van der Waals surface area contributed by atoms with Gasteiger partial charge in [0.05, 0.1) is 19.8 Å². The first-order valence-electron chi connectivity index (χ1n) is 6.48. The third kappa shape index (κ3) is 5.61. The standard InChI is InChI=1S/C14H20ClN3O3/c1-17(2)14(20)9-18(3)8-13(19)16-11-7-10(15)5-6-12(11)21-4/h5-7H,8-9H2,1-4H3,(H,16,19)/p+1. The molecule has 0 aliphatic carbocycles. The second-order valence-electron chi connectivity index (χ2n) is 4.99. The smallest absolute Gasteiger partial charge is 0.279 e. The van der Waals surface area contributed by atoms with E-state index in [2.05, 4.69) is 5.32 Å². The average Bonchev–Trinajstić information content (AvgIpc) is 2.38. The van der Waals surface area contributed by atoms with Crippen LogP contribution in [0, 0.1) is 0 Å². The van der Waals surface area contributed by atoms with Crippen molar-refractivity contribution in [3.63, 3.8) is 0 Å². The molecule has 1 unspecified atom stereocenters. The Labute approximate surface area is 129 Å². The van der Waals surface area contributed by atoms with Crippen LogP contribution in [0.1, 0.15) is 0 Å². The molecule has 7 heteroatoms. The maximum absolute atomic E-state index is 12.0. The third-order valence-electron chi connectivity index (χ3n) is 2.85. The highest BCUT2D eigenvalue weighted by atomic mass is 35.5. The van der Waals surface area contributed by atoms with Crippen LogP contribution in [0.3, 0.4) is 0 Å². The van der Waals surface area contributed by atoms with Crippen molar-refractivity contribution in [2.75, 3.05) is 46.7 Å². The molecule has 0 saturated carbocycles. The molecule has 0 aromatic heterocycles. The summed E-state index contributed by atoms with van der Waals surface area (Å²) in [5, 5.41) is 3.25. The fourth-order valence-electron chi connectivity index (χ4n) is 1.73.